The molecule has 0 saturated heterocycles. The van der Waals surface area contributed by atoms with Crippen LogP contribution in [0.5, 0.6) is 0 Å². The van der Waals surface area contributed by atoms with Gasteiger partial charge in [0, 0.05) is 6.61 Å². The summed E-state index contributed by atoms with van der Waals surface area (Å²) in [5.74, 6) is 1.53. The summed E-state index contributed by atoms with van der Waals surface area (Å²) in [7, 11) is 0. The molecule has 1 nitrogen and oxygen atoms in total. The smallest absolute Gasteiger partial charge is 0.0456 e. The van der Waals surface area contributed by atoms with E-state index in [0.29, 0.717) is 12.5 Å². The van der Waals surface area contributed by atoms with Crippen LogP contribution >= 0.6 is 12.6 Å². The maximum Gasteiger partial charge on any atom is 0.0456 e. The lowest BCUT2D eigenvalue weighted by Gasteiger charge is -2.06. The largest absolute Gasteiger partial charge is 0.396 e. The van der Waals surface area contributed by atoms with Crippen molar-refractivity contribution in [2.45, 2.75) is 58.3 Å². The van der Waals surface area contributed by atoms with Crippen LogP contribution in [-0.2, 0) is 0 Å². The fraction of sp³-hybridized carbons (Fsp3) is 1.00. The molecule has 14 heavy (non-hydrogen) atoms. The molecular formula is C12H26OS. The highest BCUT2D eigenvalue weighted by Crippen LogP contribution is 2.12. The summed E-state index contributed by atoms with van der Waals surface area (Å²) in [6.45, 7) is 2.47. The van der Waals surface area contributed by atoms with Gasteiger partial charge in [-0.25, -0.2) is 0 Å². The summed E-state index contributed by atoms with van der Waals surface area (Å²) in [6.07, 6.45) is 10.5. The molecule has 1 atom stereocenters. The lowest BCUT2D eigenvalue weighted by atomic mass is 10.0. The van der Waals surface area contributed by atoms with Crippen LogP contribution in [0.3, 0.4) is 0 Å². The number of aliphatic hydroxyl groups is 1. The van der Waals surface area contributed by atoms with Gasteiger partial charge in [0.05, 0.1) is 0 Å². The molecule has 0 rings (SSSR count). The second-order valence-electron chi connectivity index (χ2n) is 4.27. The summed E-state index contributed by atoms with van der Waals surface area (Å²) in [4.78, 5) is 0. The Morgan fingerprint density at radius 3 is 1.93 bits per heavy atom. The van der Waals surface area contributed by atoms with Gasteiger partial charge in [-0.15, -0.1) is 0 Å². The van der Waals surface area contributed by atoms with Gasteiger partial charge >= 0.3 is 0 Å². The summed E-state index contributed by atoms with van der Waals surface area (Å²) in [5.41, 5.74) is 0. The monoisotopic (exact) mass is 218 g/mol. The van der Waals surface area contributed by atoms with Gasteiger partial charge < -0.3 is 5.11 Å². The Morgan fingerprint density at radius 2 is 1.43 bits per heavy atom. The molecule has 86 valence electrons. The highest BCUT2D eigenvalue weighted by molar-refractivity contribution is 7.80. The molecule has 0 bridgehead atoms. The number of thiol groups is 1. The van der Waals surface area contributed by atoms with Gasteiger partial charge in [-0.2, -0.15) is 12.6 Å². The SMILES string of the molecule is CC(CO)CCCCCCCCCS. The van der Waals surface area contributed by atoms with Crippen LogP contribution in [0.25, 0.3) is 0 Å². The zero-order chi connectivity index (χ0) is 10.6. The molecule has 0 aliphatic heterocycles. The predicted molar refractivity (Wildman–Crippen MR) is 67.0 cm³/mol. The first-order chi connectivity index (χ1) is 6.81. The van der Waals surface area contributed by atoms with Crippen LogP contribution in [0.15, 0.2) is 0 Å². The van der Waals surface area contributed by atoms with Crippen molar-refractivity contribution in [1.29, 1.82) is 0 Å². The second-order valence-corrected chi connectivity index (χ2v) is 4.72. The van der Waals surface area contributed by atoms with Crippen LogP contribution in [0.1, 0.15) is 58.3 Å². The van der Waals surface area contributed by atoms with Crippen LogP contribution in [0, 0.1) is 5.92 Å². The van der Waals surface area contributed by atoms with Crippen molar-refractivity contribution in [2.24, 2.45) is 5.92 Å². The number of hydrogen-bond acceptors (Lipinski definition) is 2. The Bertz CT molecular complexity index is 106. The van der Waals surface area contributed by atoms with Gasteiger partial charge in [0.1, 0.15) is 0 Å². The van der Waals surface area contributed by atoms with Gasteiger partial charge in [-0.05, 0) is 24.5 Å². The van der Waals surface area contributed by atoms with Gasteiger partial charge in [-0.3, -0.25) is 0 Å². The summed E-state index contributed by atoms with van der Waals surface area (Å²) in [6, 6.07) is 0. The van der Waals surface area contributed by atoms with Crippen LogP contribution in [0.4, 0.5) is 0 Å². The molecule has 0 aliphatic rings. The van der Waals surface area contributed by atoms with Crippen molar-refractivity contribution in [1.82, 2.24) is 0 Å². The van der Waals surface area contributed by atoms with E-state index in [2.05, 4.69) is 19.6 Å². The van der Waals surface area contributed by atoms with E-state index in [1.165, 1.54) is 51.4 Å². The molecule has 2 heteroatoms. The molecule has 0 aromatic heterocycles. The summed E-state index contributed by atoms with van der Waals surface area (Å²) < 4.78 is 0. The first kappa shape index (κ1) is 14.3. The van der Waals surface area contributed by atoms with E-state index in [0.717, 1.165) is 5.75 Å². The Morgan fingerprint density at radius 1 is 0.929 bits per heavy atom. The van der Waals surface area contributed by atoms with E-state index in [4.69, 9.17) is 5.11 Å². The Labute approximate surface area is 94.7 Å². The second kappa shape index (κ2) is 11.4. The molecule has 0 aromatic rings. The Hall–Kier alpha value is 0.310. The number of rotatable bonds is 10. The lowest BCUT2D eigenvalue weighted by Crippen LogP contribution is -1.99. The van der Waals surface area contributed by atoms with Crippen LogP contribution in [-0.4, -0.2) is 17.5 Å². The molecule has 0 radical (unpaired) electrons. The average molecular weight is 218 g/mol. The molecule has 0 aliphatic carbocycles. The van der Waals surface area contributed by atoms with E-state index >= 15 is 0 Å². The summed E-state index contributed by atoms with van der Waals surface area (Å²) in [5, 5.41) is 8.83. The molecule has 0 heterocycles. The Balaban J connectivity index is 2.92. The number of unbranched alkanes of at least 4 members (excludes halogenated alkanes) is 6. The van der Waals surface area contributed by atoms with Gasteiger partial charge in [0.25, 0.3) is 0 Å². The standard InChI is InChI=1S/C12H26OS/c1-12(11-13)9-7-5-3-2-4-6-8-10-14/h12-14H,2-11H2,1H3. The minimum atomic E-state index is 0.349. The van der Waals surface area contributed by atoms with Crippen molar-refractivity contribution < 1.29 is 5.11 Å². The van der Waals surface area contributed by atoms with Crippen LogP contribution < -0.4 is 0 Å². The van der Waals surface area contributed by atoms with E-state index in [1.54, 1.807) is 0 Å². The summed E-state index contributed by atoms with van der Waals surface area (Å²) >= 11 is 4.19. The number of aliphatic hydroxyl groups excluding tert-OH is 1. The van der Waals surface area contributed by atoms with Crippen molar-refractivity contribution >= 4 is 12.6 Å². The van der Waals surface area contributed by atoms with Crippen LogP contribution in [0.2, 0.25) is 0 Å². The third-order valence-electron chi connectivity index (χ3n) is 2.67. The molecule has 0 fully saturated rings. The molecule has 0 amide bonds. The lowest BCUT2D eigenvalue weighted by molar-refractivity contribution is 0.227. The fourth-order valence-corrected chi connectivity index (χ4v) is 1.80. The quantitative estimate of drug-likeness (QED) is 0.423. The molecule has 0 saturated carbocycles. The third-order valence-corrected chi connectivity index (χ3v) is 2.98. The first-order valence-corrected chi connectivity index (χ1v) is 6.66. The van der Waals surface area contributed by atoms with Crippen molar-refractivity contribution in [2.75, 3.05) is 12.4 Å². The fourth-order valence-electron chi connectivity index (χ4n) is 1.58. The van der Waals surface area contributed by atoms with Gasteiger partial charge in [-0.1, -0.05) is 45.4 Å². The van der Waals surface area contributed by atoms with E-state index in [-0.39, 0.29) is 0 Å². The van der Waals surface area contributed by atoms with Crippen molar-refractivity contribution in [3.8, 4) is 0 Å². The van der Waals surface area contributed by atoms with Gasteiger partial charge in [0.15, 0.2) is 0 Å². The molecule has 0 aromatic carbocycles. The van der Waals surface area contributed by atoms with E-state index < -0.39 is 0 Å². The average Bonchev–Trinajstić information content (AvgIpc) is 2.21. The highest BCUT2D eigenvalue weighted by atomic mass is 32.1. The van der Waals surface area contributed by atoms with Crippen molar-refractivity contribution in [3.05, 3.63) is 0 Å². The van der Waals surface area contributed by atoms with E-state index in [9.17, 15) is 0 Å². The minimum absolute atomic E-state index is 0.349. The third kappa shape index (κ3) is 10.4. The maximum absolute atomic E-state index is 8.83. The first-order valence-electron chi connectivity index (χ1n) is 6.03. The van der Waals surface area contributed by atoms with Crippen molar-refractivity contribution in [3.63, 3.8) is 0 Å². The molecule has 1 N–H and O–H groups in total. The topological polar surface area (TPSA) is 20.2 Å². The normalized spacial score (nSPS) is 13.1. The zero-order valence-corrected chi connectivity index (χ0v) is 10.4. The molecular weight excluding hydrogens is 192 g/mol. The predicted octanol–water partition coefficient (Wildman–Crippen LogP) is 3.67. The van der Waals surface area contributed by atoms with E-state index in [1.807, 2.05) is 0 Å². The highest BCUT2D eigenvalue weighted by Gasteiger charge is 1.98. The Kier molecular flexibility index (Phi) is 11.6. The number of hydrogen-bond donors (Lipinski definition) is 2. The minimum Gasteiger partial charge on any atom is -0.396 e. The molecule has 0 spiro atoms. The zero-order valence-electron chi connectivity index (χ0n) is 9.54. The molecule has 1 unspecified atom stereocenters. The maximum atomic E-state index is 8.83. The van der Waals surface area contributed by atoms with Gasteiger partial charge in [0.2, 0.25) is 0 Å².